The van der Waals surface area contributed by atoms with Crippen molar-refractivity contribution in [3.8, 4) is 0 Å². The van der Waals surface area contributed by atoms with Gasteiger partial charge in [-0.25, -0.2) is 0 Å². The lowest BCUT2D eigenvalue weighted by atomic mass is 9.67. The third-order valence-electron chi connectivity index (χ3n) is 7.19. The van der Waals surface area contributed by atoms with Gasteiger partial charge >= 0.3 is 0 Å². The number of rotatable bonds is 5. The summed E-state index contributed by atoms with van der Waals surface area (Å²) in [6.45, 7) is 5.94. The molecule has 5 rings (SSSR count). The van der Waals surface area contributed by atoms with Crippen LogP contribution in [0.5, 0.6) is 0 Å². The lowest BCUT2D eigenvalue weighted by molar-refractivity contribution is -0.129. The highest BCUT2D eigenvalue weighted by Crippen LogP contribution is 2.50. The van der Waals surface area contributed by atoms with Gasteiger partial charge in [0.15, 0.2) is 0 Å². The molecule has 0 saturated heterocycles. The molecule has 0 bridgehead atoms. The van der Waals surface area contributed by atoms with Gasteiger partial charge in [-0.15, -0.1) is 0 Å². The van der Waals surface area contributed by atoms with Crippen LogP contribution in [0, 0.1) is 5.41 Å². The van der Waals surface area contributed by atoms with Crippen molar-refractivity contribution in [2.75, 3.05) is 0 Å². The highest BCUT2D eigenvalue weighted by molar-refractivity contribution is 5.82. The van der Waals surface area contributed by atoms with Crippen molar-refractivity contribution in [3.63, 3.8) is 0 Å². The van der Waals surface area contributed by atoms with Crippen LogP contribution in [0.3, 0.4) is 0 Å². The zero-order chi connectivity index (χ0) is 24.4. The van der Waals surface area contributed by atoms with Crippen molar-refractivity contribution >= 4 is 5.91 Å². The zero-order valence-corrected chi connectivity index (χ0v) is 20.7. The predicted octanol–water partition coefficient (Wildman–Crippen LogP) is 7.41. The van der Waals surface area contributed by atoms with E-state index in [1.54, 1.807) is 0 Å². The summed E-state index contributed by atoms with van der Waals surface area (Å²) in [5, 5.41) is 3.49. The van der Waals surface area contributed by atoms with Gasteiger partial charge in [0.2, 0.25) is 5.91 Å². The largest absolute Gasteiger partial charge is 0.348 e. The van der Waals surface area contributed by atoms with Crippen LogP contribution >= 0.6 is 0 Å². The average molecular weight is 460 g/mol. The van der Waals surface area contributed by atoms with Crippen LogP contribution < -0.4 is 5.32 Å². The SMILES string of the molecule is CC(C)(C)C(=O)N[C@H](c1ccccc1)[C@H](c1ccccc1)C1c2ccccc2Cc2ccccc21. The minimum atomic E-state index is -0.489. The summed E-state index contributed by atoms with van der Waals surface area (Å²) in [6, 6.07) is 38.6. The van der Waals surface area contributed by atoms with E-state index in [1.807, 2.05) is 26.8 Å². The fourth-order valence-electron chi connectivity index (χ4n) is 5.41. The number of fused-ring (bicyclic) bond motifs is 2. The topological polar surface area (TPSA) is 29.1 Å². The van der Waals surface area contributed by atoms with Crippen LogP contribution in [0.1, 0.15) is 72.0 Å². The Hall–Kier alpha value is -3.65. The quantitative estimate of drug-likeness (QED) is 0.331. The van der Waals surface area contributed by atoms with Crippen LogP contribution in [-0.2, 0) is 11.2 Å². The van der Waals surface area contributed by atoms with Crippen molar-refractivity contribution in [2.45, 2.75) is 45.1 Å². The number of hydrogen-bond acceptors (Lipinski definition) is 1. The van der Waals surface area contributed by atoms with E-state index in [-0.39, 0.29) is 23.8 Å². The van der Waals surface area contributed by atoms with Crippen LogP contribution in [-0.4, -0.2) is 5.91 Å². The standard InChI is InChI=1S/C33H33NO/c1-33(2,3)32(35)34-31(24-16-8-5-9-17-24)29(23-14-6-4-7-15-23)30-27-20-12-10-18-25(27)22-26-19-11-13-21-28(26)30/h4-21,29-31H,22H2,1-3H3,(H,34,35)/t29-,31-/m1/s1. The molecule has 1 aliphatic rings. The van der Waals surface area contributed by atoms with E-state index in [4.69, 9.17) is 0 Å². The van der Waals surface area contributed by atoms with Gasteiger partial charge in [0.05, 0.1) is 6.04 Å². The molecule has 0 aliphatic heterocycles. The first kappa shape index (κ1) is 23.1. The Kier molecular flexibility index (Phi) is 6.30. The number of carbonyl (C=O) groups is 1. The Morgan fingerprint density at radius 3 is 1.66 bits per heavy atom. The molecule has 0 saturated carbocycles. The Labute approximate surface area is 209 Å². The molecule has 2 heteroatoms. The van der Waals surface area contributed by atoms with E-state index in [2.05, 4.69) is 108 Å². The highest BCUT2D eigenvalue weighted by Gasteiger charge is 2.39. The first-order valence-corrected chi connectivity index (χ1v) is 12.5. The fourth-order valence-corrected chi connectivity index (χ4v) is 5.41. The van der Waals surface area contributed by atoms with Gasteiger partial charge in [-0.2, -0.15) is 0 Å². The minimum absolute atomic E-state index is 0.0208. The predicted molar refractivity (Wildman–Crippen MR) is 143 cm³/mol. The maximum Gasteiger partial charge on any atom is 0.225 e. The normalized spacial score (nSPS) is 14.9. The van der Waals surface area contributed by atoms with E-state index in [9.17, 15) is 4.79 Å². The second-order valence-electron chi connectivity index (χ2n) is 10.6. The number of nitrogens with one attached hydrogen (secondary N) is 1. The summed E-state index contributed by atoms with van der Waals surface area (Å²) < 4.78 is 0. The molecule has 0 heterocycles. The molecule has 0 aromatic heterocycles. The third kappa shape index (κ3) is 4.66. The third-order valence-corrected chi connectivity index (χ3v) is 7.19. The van der Waals surface area contributed by atoms with Crippen LogP contribution in [0.4, 0.5) is 0 Å². The number of benzene rings is 4. The molecule has 176 valence electrons. The van der Waals surface area contributed by atoms with Crippen LogP contribution in [0.25, 0.3) is 0 Å². The van der Waals surface area contributed by atoms with E-state index in [0.717, 1.165) is 12.0 Å². The van der Waals surface area contributed by atoms with Crippen LogP contribution in [0.2, 0.25) is 0 Å². The molecule has 2 atom stereocenters. The molecular formula is C33H33NO. The van der Waals surface area contributed by atoms with Crippen LogP contribution in [0.15, 0.2) is 109 Å². The van der Waals surface area contributed by atoms with Crippen molar-refractivity contribution in [1.29, 1.82) is 0 Å². The molecule has 0 radical (unpaired) electrons. The van der Waals surface area contributed by atoms with Crippen molar-refractivity contribution in [1.82, 2.24) is 5.32 Å². The van der Waals surface area contributed by atoms with Gasteiger partial charge in [0.25, 0.3) is 0 Å². The minimum Gasteiger partial charge on any atom is -0.348 e. The summed E-state index contributed by atoms with van der Waals surface area (Å²) in [4.78, 5) is 13.4. The zero-order valence-electron chi connectivity index (χ0n) is 20.7. The maximum absolute atomic E-state index is 13.4. The first-order valence-electron chi connectivity index (χ1n) is 12.5. The summed E-state index contributed by atoms with van der Waals surface area (Å²) in [6.07, 6.45) is 0.939. The highest BCUT2D eigenvalue weighted by atomic mass is 16.2. The summed E-state index contributed by atoms with van der Waals surface area (Å²) in [5.74, 6) is 0.196. The van der Waals surface area contributed by atoms with Crippen molar-refractivity contribution in [2.24, 2.45) is 5.41 Å². The van der Waals surface area contributed by atoms with Gasteiger partial charge in [0, 0.05) is 17.3 Å². The molecule has 1 aliphatic carbocycles. The van der Waals surface area contributed by atoms with E-state index >= 15 is 0 Å². The average Bonchev–Trinajstić information content (AvgIpc) is 2.88. The Balaban J connectivity index is 1.75. The Morgan fingerprint density at radius 1 is 0.686 bits per heavy atom. The number of hydrogen-bond donors (Lipinski definition) is 1. The van der Waals surface area contributed by atoms with Gasteiger partial charge in [-0.3, -0.25) is 4.79 Å². The molecule has 0 spiro atoms. The van der Waals surface area contributed by atoms with Gasteiger partial charge in [0.1, 0.15) is 0 Å². The van der Waals surface area contributed by atoms with Crippen molar-refractivity contribution < 1.29 is 4.79 Å². The monoisotopic (exact) mass is 459 g/mol. The molecular weight excluding hydrogens is 426 g/mol. The smallest absolute Gasteiger partial charge is 0.225 e. The Bertz CT molecular complexity index is 1260. The van der Waals surface area contributed by atoms with E-state index in [1.165, 1.54) is 27.8 Å². The second-order valence-corrected chi connectivity index (χ2v) is 10.6. The van der Waals surface area contributed by atoms with Gasteiger partial charge in [-0.05, 0) is 39.8 Å². The summed E-state index contributed by atoms with van der Waals surface area (Å²) >= 11 is 0. The molecule has 0 unspecified atom stereocenters. The molecule has 4 aromatic carbocycles. The van der Waals surface area contributed by atoms with Crippen molar-refractivity contribution in [3.05, 3.63) is 143 Å². The fraction of sp³-hybridized carbons (Fsp3) is 0.242. The lowest BCUT2D eigenvalue weighted by Gasteiger charge is -2.40. The van der Waals surface area contributed by atoms with Gasteiger partial charge in [-0.1, -0.05) is 130 Å². The lowest BCUT2D eigenvalue weighted by Crippen LogP contribution is -2.41. The first-order chi connectivity index (χ1) is 16.9. The van der Waals surface area contributed by atoms with E-state index in [0.29, 0.717) is 0 Å². The van der Waals surface area contributed by atoms with Gasteiger partial charge < -0.3 is 5.32 Å². The molecule has 0 fully saturated rings. The molecule has 2 nitrogen and oxygen atoms in total. The Morgan fingerprint density at radius 2 is 1.14 bits per heavy atom. The molecule has 1 amide bonds. The molecule has 1 N–H and O–H groups in total. The molecule has 4 aromatic rings. The second kappa shape index (κ2) is 9.54. The summed E-state index contributed by atoms with van der Waals surface area (Å²) in [5.41, 5.74) is 7.30. The number of amides is 1. The summed E-state index contributed by atoms with van der Waals surface area (Å²) in [7, 11) is 0. The van der Waals surface area contributed by atoms with E-state index < -0.39 is 5.41 Å². The maximum atomic E-state index is 13.4. The number of carbonyl (C=O) groups excluding carboxylic acids is 1. The molecule has 35 heavy (non-hydrogen) atoms.